The van der Waals surface area contributed by atoms with Gasteiger partial charge in [-0.25, -0.2) is 8.42 Å². The SMILES string of the molecule is Cc1ccc(NS(=O)(=O)c2ccc(Cl)s2)c(O)c1. The van der Waals surface area contributed by atoms with Crippen LogP contribution in [0.1, 0.15) is 5.56 Å². The van der Waals surface area contributed by atoms with Gasteiger partial charge in [-0.15, -0.1) is 11.3 Å². The molecule has 7 heteroatoms. The van der Waals surface area contributed by atoms with Crippen LogP contribution in [0.2, 0.25) is 4.34 Å². The number of phenols is 1. The summed E-state index contributed by atoms with van der Waals surface area (Å²) in [5.74, 6) is -0.110. The van der Waals surface area contributed by atoms with Crippen LogP contribution < -0.4 is 4.72 Å². The molecule has 0 unspecified atom stereocenters. The largest absolute Gasteiger partial charge is 0.506 e. The van der Waals surface area contributed by atoms with Crippen LogP contribution in [0.3, 0.4) is 0 Å². The van der Waals surface area contributed by atoms with E-state index in [9.17, 15) is 13.5 Å². The fraction of sp³-hybridized carbons (Fsp3) is 0.0909. The molecule has 0 radical (unpaired) electrons. The molecule has 0 atom stereocenters. The zero-order chi connectivity index (χ0) is 13.3. The number of rotatable bonds is 3. The second-order valence-electron chi connectivity index (χ2n) is 3.68. The molecule has 0 aliphatic heterocycles. The van der Waals surface area contributed by atoms with Crippen molar-refractivity contribution < 1.29 is 13.5 Å². The molecule has 18 heavy (non-hydrogen) atoms. The van der Waals surface area contributed by atoms with Crippen molar-refractivity contribution in [3.05, 3.63) is 40.2 Å². The van der Waals surface area contributed by atoms with Gasteiger partial charge in [0.05, 0.1) is 10.0 Å². The van der Waals surface area contributed by atoms with Gasteiger partial charge in [0.2, 0.25) is 0 Å². The number of thiophene rings is 1. The maximum Gasteiger partial charge on any atom is 0.271 e. The molecule has 1 aromatic carbocycles. The number of anilines is 1. The molecule has 0 spiro atoms. The molecule has 0 amide bonds. The zero-order valence-electron chi connectivity index (χ0n) is 9.34. The lowest BCUT2D eigenvalue weighted by molar-refractivity contribution is 0.477. The molecule has 2 rings (SSSR count). The Labute approximate surface area is 114 Å². The molecule has 0 fully saturated rings. The van der Waals surface area contributed by atoms with Crippen LogP contribution in [-0.2, 0) is 10.0 Å². The molecule has 0 bridgehead atoms. The van der Waals surface area contributed by atoms with Crippen LogP contribution in [0.5, 0.6) is 5.75 Å². The van der Waals surface area contributed by atoms with Crippen molar-refractivity contribution in [1.82, 2.24) is 0 Å². The van der Waals surface area contributed by atoms with Crippen molar-refractivity contribution in [3.63, 3.8) is 0 Å². The van der Waals surface area contributed by atoms with Crippen molar-refractivity contribution in [3.8, 4) is 5.75 Å². The molecule has 4 nitrogen and oxygen atoms in total. The predicted octanol–water partition coefficient (Wildman–Crippen LogP) is 3.22. The van der Waals surface area contributed by atoms with Gasteiger partial charge in [0.1, 0.15) is 9.96 Å². The van der Waals surface area contributed by atoms with E-state index in [0.29, 0.717) is 4.34 Å². The van der Waals surface area contributed by atoms with Gasteiger partial charge in [0, 0.05) is 0 Å². The maximum absolute atomic E-state index is 12.0. The third kappa shape index (κ3) is 2.77. The van der Waals surface area contributed by atoms with Crippen molar-refractivity contribution in [2.75, 3.05) is 4.72 Å². The van der Waals surface area contributed by atoms with Crippen molar-refractivity contribution in [2.45, 2.75) is 11.1 Å². The third-order valence-corrected chi connectivity index (χ3v) is 5.30. The van der Waals surface area contributed by atoms with Crippen LogP contribution in [0, 0.1) is 6.92 Å². The first-order valence-corrected chi connectivity index (χ1v) is 7.64. The summed E-state index contributed by atoms with van der Waals surface area (Å²) in [6.45, 7) is 1.80. The molecule has 1 aromatic heterocycles. The minimum Gasteiger partial charge on any atom is -0.506 e. The summed E-state index contributed by atoms with van der Waals surface area (Å²) >= 11 is 6.65. The summed E-state index contributed by atoms with van der Waals surface area (Å²) < 4.78 is 26.8. The lowest BCUT2D eigenvalue weighted by atomic mass is 10.2. The number of phenolic OH excluding ortho intramolecular Hbond substituents is 1. The van der Waals surface area contributed by atoms with Gasteiger partial charge in [-0.2, -0.15) is 0 Å². The van der Waals surface area contributed by atoms with E-state index in [1.54, 1.807) is 13.0 Å². The zero-order valence-corrected chi connectivity index (χ0v) is 11.7. The number of nitrogens with one attached hydrogen (secondary N) is 1. The highest BCUT2D eigenvalue weighted by Crippen LogP contribution is 2.30. The molecule has 0 saturated heterocycles. The van der Waals surface area contributed by atoms with Gasteiger partial charge in [-0.3, -0.25) is 4.72 Å². The summed E-state index contributed by atoms with van der Waals surface area (Å²) in [6.07, 6.45) is 0. The molecule has 96 valence electrons. The fourth-order valence-electron chi connectivity index (χ4n) is 1.37. The van der Waals surface area contributed by atoms with Gasteiger partial charge >= 0.3 is 0 Å². The summed E-state index contributed by atoms with van der Waals surface area (Å²) in [5, 5.41) is 9.66. The predicted molar refractivity (Wildman–Crippen MR) is 73.0 cm³/mol. The molecule has 2 N–H and O–H groups in total. The molecule has 1 heterocycles. The summed E-state index contributed by atoms with van der Waals surface area (Å²) in [4.78, 5) is 0. The van der Waals surface area contributed by atoms with Crippen LogP contribution in [0.25, 0.3) is 0 Å². The highest BCUT2D eigenvalue weighted by molar-refractivity contribution is 7.94. The summed E-state index contributed by atoms with van der Waals surface area (Å²) in [5.41, 5.74) is 0.986. The Kier molecular flexibility index (Phi) is 3.52. The molecular formula is C11H10ClNO3S2. The van der Waals surface area contributed by atoms with Crippen molar-refractivity contribution in [2.24, 2.45) is 0 Å². The highest BCUT2D eigenvalue weighted by atomic mass is 35.5. The Balaban J connectivity index is 2.33. The standard InChI is InChI=1S/C11H10ClNO3S2/c1-7-2-3-8(9(14)6-7)13-18(15,16)11-5-4-10(12)17-11/h2-6,13-14H,1H3. The summed E-state index contributed by atoms with van der Waals surface area (Å²) in [6, 6.07) is 7.63. The van der Waals surface area contributed by atoms with Crippen LogP contribution in [-0.4, -0.2) is 13.5 Å². The normalized spacial score (nSPS) is 11.4. The van der Waals surface area contributed by atoms with Gasteiger partial charge in [-0.05, 0) is 36.8 Å². The molecule has 0 aliphatic rings. The fourth-order valence-corrected chi connectivity index (χ4v) is 3.92. The topological polar surface area (TPSA) is 66.4 Å². The van der Waals surface area contributed by atoms with Crippen molar-refractivity contribution in [1.29, 1.82) is 0 Å². The minimum atomic E-state index is -3.70. The first kappa shape index (κ1) is 13.2. The lowest BCUT2D eigenvalue weighted by Gasteiger charge is -2.08. The Morgan fingerprint density at radius 3 is 2.56 bits per heavy atom. The van der Waals surface area contributed by atoms with Gasteiger partial charge in [-0.1, -0.05) is 17.7 Å². The lowest BCUT2D eigenvalue weighted by Crippen LogP contribution is -2.11. The van der Waals surface area contributed by atoms with Gasteiger partial charge in [0.25, 0.3) is 10.0 Å². The average molecular weight is 304 g/mol. The molecule has 0 aliphatic carbocycles. The highest BCUT2D eigenvalue weighted by Gasteiger charge is 2.18. The summed E-state index contributed by atoms with van der Waals surface area (Å²) in [7, 11) is -3.70. The van der Waals surface area contributed by atoms with E-state index in [2.05, 4.69) is 4.72 Å². The van der Waals surface area contributed by atoms with E-state index < -0.39 is 10.0 Å². The second-order valence-corrected chi connectivity index (χ2v) is 7.31. The number of sulfonamides is 1. The van der Waals surface area contributed by atoms with E-state index in [1.165, 1.54) is 24.3 Å². The number of halogens is 1. The monoisotopic (exact) mass is 303 g/mol. The Morgan fingerprint density at radius 1 is 1.28 bits per heavy atom. The molecular weight excluding hydrogens is 294 g/mol. The maximum atomic E-state index is 12.0. The average Bonchev–Trinajstić information content (AvgIpc) is 2.70. The van der Waals surface area contributed by atoms with E-state index >= 15 is 0 Å². The Bertz CT molecular complexity index is 679. The Morgan fingerprint density at radius 2 is 2.00 bits per heavy atom. The van der Waals surface area contributed by atoms with Crippen LogP contribution >= 0.6 is 22.9 Å². The quantitative estimate of drug-likeness (QED) is 0.856. The van der Waals surface area contributed by atoms with E-state index in [-0.39, 0.29) is 15.6 Å². The Hall–Kier alpha value is -1.24. The van der Waals surface area contributed by atoms with E-state index in [1.807, 2.05) is 0 Å². The number of benzene rings is 1. The first-order chi connectivity index (χ1) is 8.38. The number of hydrogen-bond donors (Lipinski definition) is 2. The van der Waals surface area contributed by atoms with E-state index in [0.717, 1.165) is 16.9 Å². The minimum absolute atomic E-state index is 0.104. The number of aryl methyl sites for hydroxylation is 1. The second kappa shape index (κ2) is 4.79. The molecule has 0 saturated carbocycles. The number of aromatic hydroxyl groups is 1. The third-order valence-electron chi connectivity index (χ3n) is 2.21. The van der Waals surface area contributed by atoms with Gasteiger partial charge in [0.15, 0.2) is 0 Å². The van der Waals surface area contributed by atoms with Crippen LogP contribution in [0.4, 0.5) is 5.69 Å². The van der Waals surface area contributed by atoms with Crippen LogP contribution in [0.15, 0.2) is 34.5 Å². The first-order valence-electron chi connectivity index (χ1n) is 4.96. The molecule has 2 aromatic rings. The van der Waals surface area contributed by atoms with Gasteiger partial charge < -0.3 is 5.11 Å². The van der Waals surface area contributed by atoms with Crippen molar-refractivity contribution >= 4 is 38.6 Å². The van der Waals surface area contributed by atoms with E-state index in [4.69, 9.17) is 11.6 Å². The smallest absolute Gasteiger partial charge is 0.271 e. The number of hydrogen-bond acceptors (Lipinski definition) is 4.